The minimum absolute atomic E-state index is 0.0616. The third kappa shape index (κ3) is 6.61. The Morgan fingerprint density at radius 1 is 1.26 bits per heavy atom. The molecule has 2 atom stereocenters. The van der Waals surface area contributed by atoms with Gasteiger partial charge in [-0.05, 0) is 80.7 Å². The number of aromatic nitrogens is 4. The zero-order valence-electron chi connectivity index (χ0n) is 22.7. The van der Waals surface area contributed by atoms with Gasteiger partial charge in [0.2, 0.25) is 0 Å². The highest BCUT2D eigenvalue weighted by atomic mass is 32.3. The number of carbonyl (C=O) groups is 1. The molecule has 3 aromatic rings. The molecular weight excluding hydrogens is 502 g/mol. The van der Waals surface area contributed by atoms with E-state index < -0.39 is 10.8 Å². The van der Waals surface area contributed by atoms with Gasteiger partial charge in [-0.1, -0.05) is 30.3 Å². The summed E-state index contributed by atoms with van der Waals surface area (Å²) in [6.45, 7) is 10.0. The van der Waals surface area contributed by atoms with E-state index >= 15 is 0 Å². The number of esters is 1. The van der Waals surface area contributed by atoms with E-state index in [4.69, 9.17) is 4.74 Å². The van der Waals surface area contributed by atoms with Crippen LogP contribution >= 0.6 is 10.8 Å². The van der Waals surface area contributed by atoms with Crippen LogP contribution in [-0.2, 0) is 35.5 Å². The van der Waals surface area contributed by atoms with Gasteiger partial charge < -0.3 is 4.74 Å². The number of fused-ring (bicyclic) bond motifs is 1. The van der Waals surface area contributed by atoms with Gasteiger partial charge >= 0.3 is 5.97 Å². The lowest BCUT2D eigenvalue weighted by Gasteiger charge is -2.42. The molecule has 0 saturated heterocycles. The molecule has 2 unspecified atom stereocenters. The van der Waals surface area contributed by atoms with Gasteiger partial charge in [0, 0.05) is 32.0 Å². The molecule has 2 N–H and O–H groups in total. The second kappa shape index (κ2) is 12.4. The number of hydrogen-bond acceptors (Lipinski definition) is 8. The van der Waals surface area contributed by atoms with Crippen LogP contribution in [0.1, 0.15) is 67.6 Å². The number of ether oxygens (including phenoxy) is 1. The van der Waals surface area contributed by atoms with Gasteiger partial charge in [0.05, 0.1) is 29.3 Å². The minimum Gasteiger partial charge on any atom is -0.466 e. The van der Waals surface area contributed by atoms with Crippen molar-refractivity contribution in [1.82, 2.24) is 24.3 Å². The van der Waals surface area contributed by atoms with E-state index in [0.717, 1.165) is 41.0 Å². The molecule has 2 aromatic heterocycles. The fraction of sp³-hybridized carbons (Fsp3) is 0.500. The molecule has 0 spiro atoms. The molecule has 1 aliphatic heterocycles. The summed E-state index contributed by atoms with van der Waals surface area (Å²) in [4.78, 5) is 17.5. The fourth-order valence-corrected chi connectivity index (χ4v) is 6.78. The molecule has 0 fully saturated rings. The van der Waals surface area contributed by atoms with Gasteiger partial charge in [0.15, 0.2) is 0 Å². The van der Waals surface area contributed by atoms with E-state index in [2.05, 4.69) is 40.4 Å². The fourth-order valence-electron chi connectivity index (χ4n) is 5.01. The summed E-state index contributed by atoms with van der Waals surface area (Å²) in [5.74, 6) is -0.0705. The Labute approximate surface area is 226 Å². The molecule has 0 saturated carbocycles. The SMILES string of the molecule is CCOC(=O)CC(CCc1cn(CC)nn1)c1ccc(C)c(CN2CC(C)Cc3ncccc3S2(O)O)c1. The molecule has 9 nitrogen and oxygen atoms in total. The Kier molecular flexibility index (Phi) is 9.19. The molecule has 206 valence electrons. The monoisotopic (exact) mass is 541 g/mol. The van der Waals surface area contributed by atoms with Crippen LogP contribution in [0.3, 0.4) is 0 Å². The van der Waals surface area contributed by atoms with Gasteiger partial charge in [0.25, 0.3) is 0 Å². The molecule has 3 heterocycles. The van der Waals surface area contributed by atoms with Crippen LogP contribution in [0, 0.1) is 12.8 Å². The van der Waals surface area contributed by atoms with Crippen molar-refractivity contribution in [3.05, 3.63) is 70.8 Å². The first kappa shape index (κ1) is 28.2. The lowest BCUT2D eigenvalue weighted by Crippen LogP contribution is -2.30. The molecule has 0 aliphatic carbocycles. The van der Waals surface area contributed by atoms with E-state index in [9.17, 15) is 13.9 Å². The zero-order valence-corrected chi connectivity index (χ0v) is 23.5. The third-order valence-corrected chi connectivity index (χ3v) is 9.09. The Hall–Kier alpha value is -2.79. The number of benzene rings is 1. The van der Waals surface area contributed by atoms with Gasteiger partial charge in [-0.2, -0.15) is 4.31 Å². The van der Waals surface area contributed by atoms with Crippen LogP contribution in [0.25, 0.3) is 0 Å². The number of rotatable bonds is 10. The van der Waals surface area contributed by atoms with Crippen molar-refractivity contribution in [1.29, 1.82) is 0 Å². The molecule has 38 heavy (non-hydrogen) atoms. The van der Waals surface area contributed by atoms with Crippen molar-refractivity contribution in [2.75, 3.05) is 13.2 Å². The van der Waals surface area contributed by atoms with Crippen LogP contribution in [0.2, 0.25) is 0 Å². The Bertz CT molecular complexity index is 1250. The van der Waals surface area contributed by atoms with Gasteiger partial charge in [-0.25, -0.2) is 0 Å². The quantitative estimate of drug-likeness (QED) is 0.329. The summed E-state index contributed by atoms with van der Waals surface area (Å²) >= 11 is 0. The van der Waals surface area contributed by atoms with Gasteiger partial charge in [-0.3, -0.25) is 23.6 Å². The summed E-state index contributed by atoms with van der Waals surface area (Å²) in [6.07, 6.45) is 6.04. The van der Waals surface area contributed by atoms with E-state index in [1.807, 2.05) is 27.0 Å². The van der Waals surface area contributed by atoms with Crippen LogP contribution in [-0.4, -0.2) is 52.5 Å². The smallest absolute Gasteiger partial charge is 0.306 e. The molecule has 1 aromatic carbocycles. The van der Waals surface area contributed by atoms with Crippen molar-refractivity contribution in [2.24, 2.45) is 5.92 Å². The second-order valence-electron chi connectivity index (χ2n) is 10.1. The standard InChI is InChI=1S/C28H39N5O4S/c1-5-32-19-25(30-31-32)12-11-23(16-28(34)37-6-2)22-10-9-21(4)24(15-22)18-33-17-20(3)14-26-27(38(33,35)36)8-7-13-29-26/h7-10,13,15,19-20,23,35-36H,5-6,11-12,14,16-18H2,1-4H3. The largest absolute Gasteiger partial charge is 0.466 e. The van der Waals surface area contributed by atoms with Crippen LogP contribution in [0.4, 0.5) is 0 Å². The number of pyridine rings is 1. The number of nitrogens with zero attached hydrogens (tertiary/aromatic N) is 5. The van der Waals surface area contributed by atoms with Crippen molar-refractivity contribution in [3.8, 4) is 0 Å². The highest BCUT2D eigenvalue weighted by Crippen LogP contribution is 2.55. The van der Waals surface area contributed by atoms with Crippen LogP contribution in [0.15, 0.2) is 47.6 Å². The number of aryl methyl sites for hydroxylation is 3. The van der Waals surface area contributed by atoms with Crippen LogP contribution < -0.4 is 0 Å². The predicted molar refractivity (Wildman–Crippen MR) is 148 cm³/mol. The normalized spacial score (nSPS) is 18.8. The Balaban J connectivity index is 1.60. The maximum atomic E-state index is 12.5. The number of carbonyl (C=O) groups excluding carboxylic acids is 1. The minimum atomic E-state index is -3.19. The lowest BCUT2D eigenvalue weighted by molar-refractivity contribution is -0.143. The average molecular weight is 542 g/mol. The molecule has 0 bridgehead atoms. The zero-order chi connectivity index (χ0) is 27.3. The third-order valence-electron chi connectivity index (χ3n) is 7.13. The van der Waals surface area contributed by atoms with E-state index in [-0.39, 0.29) is 24.2 Å². The topological polar surface area (TPSA) is 114 Å². The molecule has 1 aliphatic rings. The van der Waals surface area contributed by atoms with Crippen LogP contribution in [0.5, 0.6) is 0 Å². The maximum Gasteiger partial charge on any atom is 0.306 e. The van der Waals surface area contributed by atoms with E-state index in [1.54, 1.807) is 27.3 Å². The Morgan fingerprint density at radius 2 is 2.08 bits per heavy atom. The first-order valence-corrected chi connectivity index (χ1v) is 14.8. The molecule has 10 heteroatoms. The van der Waals surface area contributed by atoms with Gasteiger partial charge in [-0.15, -0.1) is 15.9 Å². The summed E-state index contributed by atoms with van der Waals surface area (Å²) in [7, 11) is -3.19. The van der Waals surface area contributed by atoms with Crippen molar-refractivity contribution in [2.45, 2.75) is 77.3 Å². The highest BCUT2D eigenvalue weighted by Gasteiger charge is 2.33. The average Bonchev–Trinajstić information content (AvgIpc) is 3.32. The maximum absolute atomic E-state index is 12.5. The lowest BCUT2D eigenvalue weighted by atomic mass is 9.88. The summed E-state index contributed by atoms with van der Waals surface area (Å²) < 4.78 is 31.6. The first-order valence-electron chi connectivity index (χ1n) is 13.3. The van der Waals surface area contributed by atoms with Gasteiger partial charge in [0.1, 0.15) is 0 Å². The van der Waals surface area contributed by atoms with Crippen molar-refractivity contribution >= 4 is 16.7 Å². The molecule has 4 rings (SSSR count). The van der Waals surface area contributed by atoms with Crippen molar-refractivity contribution in [3.63, 3.8) is 0 Å². The Morgan fingerprint density at radius 3 is 2.82 bits per heavy atom. The summed E-state index contributed by atoms with van der Waals surface area (Å²) in [5.41, 5.74) is 4.75. The number of hydrogen-bond donors (Lipinski definition) is 2. The highest BCUT2D eigenvalue weighted by molar-refractivity contribution is 8.22. The second-order valence-corrected chi connectivity index (χ2v) is 12.1. The van der Waals surface area contributed by atoms with E-state index in [0.29, 0.717) is 37.4 Å². The molecule has 0 radical (unpaired) electrons. The molecule has 0 amide bonds. The summed E-state index contributed by atoms with van der Waals surface area (Å²) in [5, 5.41) is 8.39. The summed E-state index contributed by atoms with van der Waals surface area (Å²) in [6, 6.07) is 9.76. The first-order chi connectivity index (χ1) is 18.2. The van der Waals surface area contributed by atoms with Crippen molar-refractivity contribution < 1.29 is 18.6 Å². The predicted octanol–water partition coefficient (Wildman–Crippen LogP) is 5.39. The molecular formula is C28H39N5O4S. The van der Waals surface area contributed by atoms with E-state index in [1.165, 1.54) is 0 Å².